The van der Waals surface area contributed by atoms with Crippen LogP contribution in [0.2, 0.25) is 0 Å². The van der Waals surface area contributed by atoms with Crippen molar-refractivity contribution in [3.05, 3.63) is 46.2 Å². The number of aromatic nitrogens is 2. The molecule has 22 heavy (non-hydrogen) atoms. The third-order valence-corrected chi connectivity index (χ3v) is 4.62. The van der Waals surface area contributed by atoms with Crippen LogP contribution in [-0.2, 0) is 16.0 Å². The Morgan fingerprint density at radius 3 is 3.18 bits per heavy atom. The second kappa shape index (κ2) is 6.98. The summed E-state index contributed by atoms with van der Waals surface area (Å²) in [7, 11) is 0. The molecule has 2 aromatic rings. The first-order chi connectivity index (χ1) is 10.7. The lowest BCUT2D eigenvalue weighted by Crippen LogP contribution is -2.42. The molecule has 0 radical (unpaired) electrons. The van der Waals surface area contributed by atoms with Crippen molar-refractivity contribution in [1.29, 1.82) is 0 Å². The molecule has 6 heteroatoms. The van der Waals surface area contributed by atoms with Crippen LogP contribution in [0.1, 0.15) is 28.9 Å². The van der Waals surface area contributed by atoms with Gasteiger partial charge in [-0.1, -0.05) is 6.07 Å². The molecule has 0 aliphatic carbocycles. The Bertz CT molecular complexity index is 630. The fourth-order valence-corrected chi connectivity index (χ4v) is 3.21. The molecule has 5 nitrogen and oxygen atoms in total. The second-order valence-electron chi connectivity index (χ2n) is 5.33. The number of hydrogen-bond donors (Lipinski definition) is 0. The summed E-state index contributed by atoms with van der Waals surface area (Å²) in [6.07, 6.45) is 2.86. The van der Waals surface area contributed by atoms with Crippen molar-refractivity contribution >= 4 is 17.2 Å². The first kappa shape index (κ1) is 15.1. The van der Waals surface area contributed by atoms with E-state index < -0.39 is 0 Å². The number of thiophene rings is 1. The zero-order valence-electron chi connectivity index (χ0n) is 12.6. The highest BCUT2D eigenvalue weighted by molar-refractivity contribution is 7.09. The Labute approximate surface area is 134 Å². The van der Waals surface area contributed by atoms with Crippen molar-refractivity contribution in [2.45, 2.75) is 25.9 Å². The molecule has 1 saturated heterocycles. The second-order valence-corrected chi connectivity index (χ2v) is 6.37. The van der Waals surface area contributed by atoms with Crippen LogP contribution in [0, 0.1) is 6.92 Å². The molecule has 3 rings (SSSR count). The van der Waals surface area contributed by atoms with Crippen LogP contribution in [-0.4, -0.2) is 40.5 Å². The SMILES string of the molecule is Cc1ccnc([C@@H]2CN(C(=O)CCc3cccs3)CCO2)n1. The lowest BCUT2D eigenvalue weighted by molar-refractivity contribution is -0.139. The van der Waals surface area contributed by atoms with Gasteiger partial charge in [0.2, 0.25) is 5.91 Å². The summed E-state index contributed by atoms with van der Waals surface area (Å²) in [6.45, 7) is 3.64. The number of carbonyl (C=O) groups is 1. The fourth-order valence-electron chi connectivity index (χ4n) is 2.50. The van der Waals surface area contributed by atoms with E-state index in [1.165, 1.54) is 4.88 Å². The fraction of sp³-hybridized carbons (Fsp3) is 0.438. The smallest absolute Gasteiger partial charge is 0.223 e. The Hall–Kier alpha value is -1.79. The summed E-state index contributed by atoms with van der Waals surface area (Å²) >= 11 is 1.70. The summed E-state index contributed by atoms with van der Waals surface area (Å²) < 4.78 is 5.73. The van der Waals surface area contributed by atoms with E-state index in [2.05, 4.69) is 16.0 Å². The van der Waals surface area contributed by atoms with Gasteiger partial charge in [-0.05, 0) is 30.9 Å². The monoisotopic (exact) mass is 317 g/mol. The predicted octanol–water partition coefficient (Wildman–Crippen LogP) is 2.38. The molecule has 116 valence electrons. The van der Waals surface area contributed by atoms with E-state index in [9.17, 15) is 4.79 Å². The minimum absolute atomic E-state index is 0.175. The summed E-state index contributed by atoms with van der Waals surface area (Å²) in [5, 5.41) is 2.04. The molecule has 0 saturated carbocycles. The number of carbonyl (C=O) groups excluding carboxylic acids is 1. The number of morpholine rings is 1. The number of hydrogen-bond acceptors (Lipinski definition) is 5. The van der Waals surface area contributed by atoms with Crippen molar-refractivity contribution in [3.8, 4) is 0 Å². The Morgan fingerprint density at radius 1 is 1.50 bits per heavy atom. The Balaban J connectivity index is 1.59. The first-order valence-corrected chi connectivity index (χ1v) is 8.31. The first-order valence-electron chi connectivity index (χ1n) is 7.43. The molecule has 1 atom stereocenters. The van der Waals surface area contributed by atoms with Gasteiger partial charge in [-0.25, -0.2) is 9.97 Å². The van der Waals surface area contributed by atoms with E-state index in [1.54, 1.807) is 17.5 Å². The maximum Gasteiger partial charge on any atom is 0.223 e. The Morgan fingerprint density at radius 2 is 2.41 bits per heavy atom. The largest absolute Gasteiger partial charge is 0.367 e. The van der Waals surface area contributed by atoms with Crippen LogP contribution in [0.15, 0.2) is 29.8 Å². The predicted molar refractivity (Wildman–Crippen MR) is 84.7 cm³/mol. The van der Waals surface area contributed by atoms with Gasteiger partial charge in [0.25, 0.3) is 0 Å². The molecule has 0 unspecified atom stereocenters. The number of ether oxygens (including phenoxy) is 1. The van der Waals surface area contributed by atoms with E-state index >= 15 is 0 Å². The molecule has 1 fully saturated rings. The van der Waals surface area contributed by atoms with Crippen molar-refractivity contribution in [2.24, 2.45) is 0 Å². The van der Waals surface area contributed by atoms with Crippen molar-refractivity contribution in [1.82, 2.24) is 14.9 Å². The van der Waals surface area contributed by atoms with Gasteiger partial charge in [-0.15, -0.1) is 11.3 Å². The van der Waals surface area contributed by atoms with Gasteiger partial charge in [0.1, 0.15) is 6.10 Å². The Kier molecular flexibility index (Phi) is 4.80. The molecule has 0 spiro atoms. The van der Waals surface area contributed by atoms with Gasteiger partial charge >= 0.3 is 0 Å². The molecule has 1 amide bonds. The van der Waals surface area contributed by atoms with Crippen LogP contribution in [0.3, 0.4) is 0 Å². The van der Waals surface area contributed by atoms with Gasteiger partial charge in [0.15, 0.2) is 5.82 Å². The maximum atomic E-state index is 12.4. The summed E-state index contributed by atoms with van der Waals surface area (Å²) in [5.74, 6) is 0.838. The van der Waals surface area contributed by atoms with Gasteiger partial charge in [-0.3, -0.25) is 4.79 Å². The molecule has 0 aromatic carbocycles. The third kappa shape index (κ3) is 3.69. The molecule has 0 N–H and O–H groups in total. The third-order valence-electron chi connectivity index (χ3n) is 3.69. The zero-order valence-corrected chi connectivity index (χ0v) is 13.4. The highest BCUT2D eigenvalue weighted by Gasteiger charge is 2.26. The van der Waals surface area contributed by atoms with E-state index in [0.29, 0.717) is 31.9 Å². The van der Waals surface area contributed by atoms with Crippen LogP contribution in [0.5, 0.6) is 0 Å². The molecule has 1 aliphatic heterocycles. The van der Waals surface area contributed by atoms with Crippen molar-refractivity contribution < 1.29 is 9.53 Å². The minimum Gasteiger partial charge on any atom is -0.367 e. The van der Waals surface area contributed by atoms with E-state index in [0.717, 1.165) is 12.1 Å². The molecular weight excluding hydrogens is 298 g/mol. The topological polar surface area (TPSA) is 55.3 Å². The lowest BCUT2D eigenvalue weighted by atomic mass is 10.2. The van der Waals surface area contributed by atoms with E-state index in [1.807, 2.05) is 29.3 Å². The zero-order chi connectivity index (χ0) is 15.4. The highest BCUT2D eigenvalue weighted by atomic mass is 32.1. The lowest BCUT2D eigenvalue weighted by Gasteiger charge is -2.32. The summed E-state index contributed by atoms with van der Waals surface area (Å²) in [5.41, 5.74) is 0.912. The average Bonchev–Trinajstić information content (AvgIpc) is 3.06. The number of rotatable bonds is 4. The van der Waals surface area contributed by atoms with Gasteiger partial charge in [0.05, 0.1) is 13.2 Å². The van der Waals surface area contributed by atoms with Crippen molar-refractivity contribution in [2.75, 3.05) is 19.7 Å². The molecule has 2 aromatic heterocycles. The van der Waals surface area contributed by atoms with E-state index in [4.69, 9.17) is 4.74 Å². The molecule has 0 bridgehead atoms. The standard InChI is InChI=1S/C16H19N3O2S/c1-12-6-7-17-16(18-12)14-11-19(8-9-21-14)15(20)5-4-13-3-2-10-22-13/h2-3,6-7,10,14H,4-5,8-9,11H2,1H3/t14-/m0/s1. The highest BCUT2D eigenvalue weighted by Crippen LogP contribution is 2.20. The van der Waals surface area contributed by atoms with Crippen LogP contribution >= 0.6 is 11.3 Å². The summed E-state index contributed by atoms with van der Waals surface area (Å²) in [6, 6.07) is 5.95. The quantitative estimate of drug-likeness (QED) is 0.869. The molecule has 1 aliphatic rings. The molecule has 3 heterocycles. The van der Waals surface area contributed by atoms with Crippen LogP contribution < -0.4 is 0 Å². The number of nitrogens with zero attached hydrogens (tertiary/aromatic N) is 3. The van der Waals surface area contributed by atoms with Crippen molar-refractivity contribution in [3.63, 3.8) is 0 Å². The maximum absolute atomic E-state index is 12.4. The van der Waals surface area contributed by atoms with Crippen LogP contribution in [0.25, 0.3) is 0 Å². The van der Waals surface area contributed by atoms with Gasteiger partial charge in [0, 0.05) is 29.7 Å². The number of amides is 1. The normalized spacial score (nSPS) is 18.4. The summed E-state index contributed by atoms with van der Waals surface area (Å²) in [4.78, 5) is 24.2. The average molecular weight is 317 g/mol. The van der Waals surface area contributed by atoms with E-state index in [-0.39, 0.29) is 12.0 Å². The van der Waals surface area contributed by atoms with Gasteiger partial charge < -0.3 is 9.64 Å². The minimum atomic E-state index is -0.223. The van der Waals surface area contributed by atoms with Crippen LogP contribution in [0.4, 0.5) is 0 Å². The van der Waals surface area contributed by atoms with Gasteiger partial charge in [-0.2, -0.15) is 0 Å². The molecular formula is C16H19N3O2S. The number of aryl methyl sites for hydroxylation is 2.